The first-order chi connectivity index (χ1) is 13.1. The summed E-state index contributed by atoms with van der Waals surface area (Å²) in [5.74, 6) is 1.87. The second-order valence-corrected chi connectivity index (χ2v) is 8.86. The Kier molecular flexibility index (Phi) is 5.55. The summed E-state index contributed by atoms with van der Waals surface area (Å²) in [5.41, 5.74) is 1.31. The lowest BCUT2D eigenvalue weighted by atomic mass is 9.95. The molecular formula is C22H34N4O. The van der Waals surface area contributed by atoms with Crippen LogP contribution in [0.5, 0.6) is 0 Å². The summed E-state index contributed by atoms with van der Waals surface area (Å²) in [5, 5.41) is 0. The molecule has 27 heavy (non-hydrogen) atoms. The number of hydrogen-bond acceptors (Lipinski definition) is 4. The zero-order valence-corrected chi connectivity index (χ0v) is 16.9. The highest BCUT2D eigenvalue weighted by atomic mass is 16.2. The van der Waals surface area contributed by atoms with E-state index >= 15 is 0 Å². The number of aromatic nitrogens is 1. The van der Waals surface area contributed by atoms with Crippen molar-refractivity contribution < 1.29 is 4.79 Å². The van der Waals surface area contributed by atoms with Crippen molar-refractivity contribution in [3.8, 4) is 0 Å². The molecule has 0 unspecified atom stereocenters. The summed E-state index contributed by atoms with van der Waals surface area (Å²) in [7, 11) is 0. The van der Waals surface area contributed by atoms with Crippen LogP contribution >= 0.6 is 0 Å². The van der Waals surface area contributed by atoms with Crippen LogP contribution in [0, 0.1) is 5.92 Å². The van der Waals surface area contributed by atoms with Crippen LogP contribution in [0.25, 0.3) is 0 Å². The van der Waals surface area contributed by atoms with Crippen molar-refractivity contribution in [2.45, 2.75) is 70.9 Å². The van der Waals surface area contributed by atoms with Crippen LogP contribution in [-0.4, -0.2) is 54.1 Å². The van der Waals surface area contributed by atoms with Crippen molar-refractivity contribution in [1.29, 1.82) is 0 Å². The van der Waals surface area contributed by atoms with E-state index in [2.05, 4.69) is 40.7 Å². The van der Waals surface area contributed by atoms with Gasteiger partial charge in [-0.05, 0) is 50.5 Å². The molecule has 0 saturated carbocycles. The number of piperidine rings is 2. The van der Waals surface area contributed by atoms with Gasteiger partial charge in [-0.2, -0.15) is 0 Å². The zero-order valence-electron chi connectivity index (χ0n) is 16.9. The van der Waals surface area contributed by atoms with E-state index in [1.165, 1.54) is 31.4 Å². The molecule has 1 amide bonds. The number of fused-ring (bicyclic) bond motifs is 1. The molecular weight excluding hydrogens is 336 g/mol. The maximum absolute atomic E-state index is 12.7. The minimum Gasteiger partial charge on any atom is -0.371 e. The van der Waals surface area contributed by atoms with E-state index in [0.29, 0.717) is 30.3 Å². The topological polar surface area (TPSA) is 39.7 Å². The van der Waals surface area contributed by atoms with Crippen molar-refractivity contribution in [2.75, 3.05) is 36.0 Å². The molecule has 5 heteroatoms. The number of carbonyl (C=O) groups is 1. The fourth-order valence-corrected chi connectivity index (χ4v) is 5.16. The van der Waals surface area contributed by atoms with Crippen LogP contribution in [0.1, 0.15) is 58.8 Å². The van der Waals surface area contributed by atoms with Gasteiger partial charge in [0, 0.05) is 50.6 Å². The molecule has 4 heterocycles. The Morgan fingerprint density at radius 2 is 1.89 bits per heavy atom. The second kappa shape index (κ2) is 8.07. The number of amides is 1. The summed E-state index contributed by atoms with van der Waals surface area (Å²) in [4.78, 5) is 24.6. The summed E-state index contributed by atoms with van der Waals surface area (Å²) >= 11 is 0. The molecule has 3 aliphatic heterocycles. The lowest BCUT2D eigenvalue weighted by Gasteiger charge is -2.40. The monoisotopic (exact) mass is 370 g/mol. The first-order valence-corrected chi connectivity index (χ1v) is 10.9. The van der Waals surface area contributed by atoms with Gasteiger partial charge in [-0.25, -0.2) is 4.98 Å². The SMILES string of the molecule is CC(C)CC(=O)N1CCC[C@@H]2[C@H]1CCN2c1cc(N2CCCCC2)ccn1. The molecule has 0 N–H and O–H groups in total. The van der Waals surface area contributed by atoms with Gasteiger partial charge in [-0.3, -0.25) is 4.79 Å². The number of nitrogens with zero attached hydrogens (tertiary/aromatic N) is 4. The predicted molar refractivity (Wildman–Crippen MR) is 110 cm³/mol. The number of anilines is 2. The van der Waals surface area contributed by atoms with Gasteiger partial charge < -0.3 is 14.7 Å². The zero-order chi connectivity index (χ0) is 18.8. The normalized spacial score (nSPS) is 25.8. The van der Waals surface area contributed by atoms with Gasteiger partial charge in [0.1, 0.15) is 5.82 Å². The average molecular weight is 371 g/mol. The summed E-state index contributed by atoms with van der Waals surface area (Å²) in [6.45, 7) is 8.53. The molecule has 3 aliphatic rings. The Morgan fingerprint density at radius 1 is 1.07 bits per heavy atom. The van der Waals surface area contributed by atoms with Gasteiger partial charge in [-0.15, -0.1) is 0 Å². The van der Waals surface area contributed by atoms with Gasteiger partial charge in [0.2, 0.25) is 5.91 Å². The van der Waals surface area contributed by atoms with Crippen LogP contribution in [0.15, 0.2) is 18.3 Å². The third kappa shape index (κ3) is 3.92. The molecule has 0 aromatic carbocycles. The van der Waals surface area contributed by atoms with Gasteiger partial charge in [0.15, 0.2) is 0 Å². The maximum Gasteiger partial charge on any atom is 0.223 e. The fourth-order valence-electron chi connectivity index (χ4n) is 5.16. The molecule has 0 bridgehead atoms. The van der Waals surface area contributed by atoms with Gasteiger partial charge in [-0.1, -0.05) is 13.8 Å². The maximum atomic E-state index is 12.7. The van der Waals surface area contributed by atoms with E-state index in [1.54, 1.807) is 0 Å². The fraction of sp³-hybridized carbons (Fsp3) is 0.727. The minimum atomic E-state index is 0.344. The summed E-state index contributed by atoms with van der Waals surface area (Å²) in [6.07, 6.45) is 9.93. The Balaban J connectivity index is 1.50. The summed E-state index contributed by atoms with van der Waals surface area (Å²) in [6, 6.07) is 5.23. The van der Waals surface area contributed by atoms with Crippen LogP contribution in [-0.2, 0) is 4.79 Å². The van der Waals surface area contributed by atoms with E-state index in [0.717, 1.165) is 44.8 Å². The van der Waals surface area contributed by atoms with Crippen molar-refractivity contribution in [2.24, 2.45) is 5.92 Å². The third-order valence-corrected chi connectivity index (χ3v) is 6.46. The van der Waals surface area contributed by atoms with Crippen molar-refractivity contribution >= 4 is 17.4 Å². The third-order valence-electron chi connectivity index (χ3n) is 6.46. The lowest BCUT2D eigenvalue weighted by molar-refractivity contribution is -0.135. The molecule has 148 valence electrons. The van der Waals surface area contributed by atoms with Gasteiger partial charge in [0.05, 0.1) is 12.1 Å². The smallest absolute Gasteiger partial charge is 0.223 e. The largest absolute Gasteiger partial charge is 0.371 e. The van der Waals surface area contributed by atoms with Crippen LogP contribution in [0.4, 0.5) is 11.5 Å². The quantitative estimate of drug-likeness (QED) is 0.810. The van der Waals surface area contributed by atoms with Crippen LogP contribution in [0.2, 0.25) is 0 Å². The molecule has 4 rings (SSSR count). The van der Waals surface area contributed by atoms with Crippen LogP contribution < -0.4 is 9.80 Å². The van der Waals surface area contributed by atoms with E-state index in [-0.39, 0.29) is 0 Å². The average Bonchev–Trinajstić information content (AvgIpc) is 3.12. The Labute approximate surface area is 163 Å². The molecule has 0 aliphatic carbocycles. The number of hydrogen-bond donors (Lipinski definition) is 0. The molecule has 1 aromatic rings. The van der Waals surface area contributed by atoms with Crippen molar-refractivity contribution in [3.63, 3.8) is 0 Å². The van der Waals surface area contributed by atoms with Crippen LogP contribution in [0.3, 0.4) is 0 Å². The molecule has 3 fully saturated rings. The highest BCUT2D eigenvalue weighted by Gasteiger charge is 2.42. The van der Waals surface area contributed by atoms with E-state index in [1.807, 2.05) is 6.20 Å². The number of rotatable bonds is 4. The summed E-state index contributed by atoms with van der Waals surface area (Å²) < 4.78 is 0. The highest BCUT2D eigenvalue weighted by Crippen LogP contribution is 2.35. The first-order valence-electron chi connectivity index (χ1n) is 10.9. The Bertz CT molecular complexity index is 655. The van der Waals surface area contributed by atoms with Crippen molar-refractivity contribution in [1.82, 2.24) is 9.88 Å². The molecule has 5 nitrogen and oxygen atoms in total. The predicted octanol–water partition coefficient (Wildman–Crippen LogP) is 3.69. The van der Waals surface area contributed by atoms with Gasteiger partial charge >= 0.3 is 0 Å². The van der Waals surface area contributed by atoms with E-state index in [9.17, 15) is 4.79 Å². The highest BCUT2D eigenvalue weighted by molar-refractivity contribution is 5.77. The number of likely N-dealkylation sites (tertiary alicyclic amines) is 1. The van der Waals surface area contributed by atoms with Gasteiger partial charge in [0.25, 0.3) is 0 Å². The molecule has 3 saturated heterocycles. The minimum absolute atomic E-state index is 0.344. The number of pyridine rings is 1. The first kappa shape index (κ1) is 18.6. The van der Waals surface area contributed by atoms with E-state index < -0.39 is 0 Å². The molecule has 2 atom stereocenters. The molecule has 0 spiro atoms. The standard InChI is InChI=1S/C22H34N4O/c1-17(2)15-22(27)26-13-6-7-19-20(26)9-14-25(19)21-16-18(8-10-23-21)24-11-4-3-5-12-24/h8,10,16-17,19-20H,3-7,9,11-15H2,1-2H3/t19-,20-/m1/s1. The molecule has 1 aromatic heterocycles. The second-order valence-electron chi connectivity index (χ2n) is 8.86. The lowest BCUT2D eigenvalue weighted by Crippen LogP contribution is -2.52. The van der Waals surface area contributed by atoms with E-state index in [4.69, 9.17) is 4.98 Å². The number of carbonyl (C=O) groups excluding carboxylic acids is 1. The van der Waals surface area contributed by atoms with Crippen molar-refractivity contribution in [3.05, 3.63) is 18.3 Å². The Morgan fingerprint density at radius 3 is 2.67 bits per heavy atom. The Hall–Kier alpha value is -1.78. The molecule has 0 radical (unpaired) electrons.